The van der Waals surface area contributed by atoms with E-state index in [-0.39, 0.29) is 24.2 Å². The minimum atomic E-state index is -0.626. The summed E-state index contributed by atoms with van der Waals surface area (Å²) in [6.07, 6.45) is 1.23. The largest absolute Gasteiger partial charge is 0.497 e. The first kappa shape index (κ1) is 21.0. The van der Waals surface area contributed by atoms with Crippen LogP contribution in [0.3, 0.4) is 0 Å². The first-order valence-corrected chi connectivity index (χ1v) is 10.2. The van der Waals surface area contributed by atoms with Crippen LogP contribution in [0.4, 0.5) is 10.1 Å². The molecule has 1 fully saturated rings. The van der Waals surface area contributed by atoms with Crippen LogP contribution in [0.1, 0.15) is 24.0 Å². The van der Waals surface area contributed by atoms with Crippen molar-refractivity contribution in [2.24, 2.45) is 4.99 Å². The van der Waals surface area contributed by atoms with Crippen LogP contribution >= 0.6 is 0 Å². The maximum absolute atomic E-state index is 13.7. The number of aryl methyl sites for hydroxylation is 1. The van der Waals surface area contributed by atoms with E-state index in [2.05, 4.69) is 10.6 Å². The minimum Gasteiger partial charge on any atom is -0.497 e. The molecule has 2 aromatic carbocycles. The molecule has 2 aliphatic rings. The molecule has 1 spiro atoms. The van der Waals surface area contributed by atoms with Crippen molar-refractivity contribution in [1.82, 2.24) is 10.2 Å². The van der Waals surface area contributed by atoms with Gasteiger partial charge in [0.05, 0.1) is 13.7 Å². The highest BCUT2D eigenvalue weighted by atomic mass is 19.1. The second-order valence-electron chi connectivity index (χ2n) is 7.96. The maximum Gasteiger partial charge on any atom is 0.272 e. The summed E-state index contributed by atoms with van der Waals surface area (Å²) in [6, 6.07) is 11.9. The van der Waals surface area contributed by atoms with Gasteiger partial charge in [0, 0.05) is 37.2 Å². The number of carbonyl (C=O) groups excluding carboxylic acids is 2. The molecule has 7 nitrogen and oxygen atoms in total. The summed E-state index contributed by atoms with van der Waals surface area (Å²) in [5.41, 5.74) is 1.53. The van der Waals surface area contributed by atoms with Gasteiger partial charge in [0.25, 0.3) is 5.91 Å². The van der Waals surface area contributed by atoms with Crippen molar-refractivity contribution < 1.29 is 18.7 Å². The van der Waals surface area contributed by atoms with E-state index in [0.717, 1.165) is 11.3 Å². The van der Waals surface area contributed by atoms with Gasteiger partial charge in [0.15, 0.2) is 0 Å². The molecule has 4 rings (SSSR count). The quantitative estimate of drug-likeness (QED) is 0.773. The molecule has 2 N–H and O–H groups in total. The lowest BCUT2D eigenvalue weighted by Gasteiger charge is -2.36. The molecule has 162 valence electrons. The van der Waals surface area contributed by atoms with Crippen molar-refractivity contribution in [3.05, 3.63) is 59.4 Å². The number of ether oxygens (including phenoxy) is 1. The van der Waals surface area contributed by atoms with Crippen LogP contribution in [0, 0.1) is 12.7 Å². The summed E-state index contributed by atoms with van der Waals surface area (Å²) in [7, 11) is 1.59. The standard InChI is InChI=1S/C23H25FN4O3/c1-15-3-6-17(13-19(15)24)25-20(29)14-28-11-9-23(10-12-28)26-21(22(30)27-23)16-4-7-18(31-2)8-5-16/h3-8,13H,9-12,14H2,1-2H3,(H,25,29)(H,27,30). The Labute approximate surface area is 180 Å². The Balaban J connectivity index is 1.35. The molecule has 31 heavy (non-hydrogen) atoms. The number of halogens is 1. The zero-order valence-electron chi connectivity index (χ0n) is 17.6. The number of nitrogens with zero attached hydrogens (tertiary/aromatic N) is 2. The zero-order chi connectivity index (χ0) is 22.0. The average molecular weight is 424 g/mol. The molecule has 8 heteroatoms. The van der Waals surface area contributed by atoms with E-state index in [1.165, 1.54) is 6.07 Å². The number of anilines is 1. The predicted molar refractivity (Wildman–Crippen MR) is 116 cm³/mol. The van der Waals surface area contributed by atoms with Crippen LogP contribution in [0.2, 0.25) is 0 Å². The summed E-state index contributed by atoms with van der Waals surface area (Å²) in [5, 5.41) is 5.76. The maximum atomic E-state index is 13.7. The van der Waals surface area contributed by atoms with Crippen molar-refractivity contribution in [1.29, 1.82) is 0 Å². The predicted octanol–water partition coefficient (Wildman–Crippen LogP) is 2.49. The van der Waals surface area contributed by atoms with Gasteiger partial charge in [-0.3, -0.25) is 19.5 Å². The van der Waals surface area contributed by atoms with Crippen molar-refractivity contribution in [2.75, 3.05) is 32.1 Å². The molecule has 2 heterocycles. The summed E-state index contributed by atoms with van der Waals surface area (Å²) >= 11 is 0. The Bertz CT molecular complexity index is 1030. The number of benzene rings is 2. The molecule has 0 bridgehead atoms. The van der Waals surface area contributed by atoms with Crippen LogP contribution in [-0.2, 0) is 9.59 Å². The number of hydrogen-bond acceptors (Lipinski definition) is 5. The third-order valence-corrected chi connectivity index (χ3v) is 5.76. The van der Waals surface area contributed by atoms with Gasteiger partial charge in [-0.25, -0.2) is 4.39 Å². The summed E-state index contributed by atoms with van der Waals surface area (Å²) in [6.45, 7) is 3.12. The minimum absolute atomic E-state index is 0.183. The van der Waals surface area contributed by atoms with Gasteiger partial charge in [-0.1, -0.05) is 6.07 Å². The van der Waals surface area contributed by atoms with Crippen LogP contribution in [-0.4, -0.2) is 54.8 Å². The number of nitrogens with one attached hydrogen (secondary N) is 2. The lowest BCUT2D eigenvalue weighted by Crippen LogP contribution is -2.52. The lowest BCUT2D eigenvalue weighted by atomic mass is 9.98. The van der Waals surface area contributed by atoms with Gasteiger partial charge in [0.1, 0.15) is 22.9 Å². The monoisotopic (exact) mass is 424 g/mol. The number of hydrogen-bond donors (Lipinski definition) is 2. The van der Waals surface area contributed by atoms with Gasteiger partial charge in [-0.15, -0.1) is 0 Å². The van der Waals surface area contributed by atoms with Crippen molar-refractivity contribution in [2.45, 2.75) is 25.4 Å². The highest BCUT2D eigenvalue weighted by Crippen LogP contribution is 2.29. The number of aliphatic imine (C=N–C) groups is 1. The van der Waals surface area contributed by atoms with Crippen LogP contribution in [0.15, 0.2) is 47.5 Å². The summed E-state index contributed by atoms with van der Waals surface area (Å²) in [4.78, 5) is 31.6. The molecule has 1 saturated heterocycles. The van der Waals surface area contributed by atoms with E-state index in [1.807, 2.05) is 17.0 Å². The Morgan fingerprint density at radius 1 is 1.23 bits per heavy atom. The molecule has 0 radical (unpaired) electrons. The Kier molecular flexibility index (Phi) is 5.73. The Hall–Kier alpha value is -3.26. The van der Waals surface area contributed by atoms with E-state index < -0.39 is 5.66 Å². The fourth-order valence-corrected chi connectivity index (χ4v) is 3.90. The zero-order valence-corrected chi connectivity index (χ0v) is 17.6. The molecule has 0 saturated carbocycles. The van der Waals surface area contributed by atoms with Gasteiger partial charge >= 0.3 is 0 Å². The molecule has 0 unspecified atom stereocenters. The molecular formula is C23H25FN4O3. The van der Waals surface area contributed by atoms with Crippen molar-refractivity contribution >= 4 is 23.2 Å². The van der Waals surface area contributed by atoms with E-state index in [4.69, 9.17) is 9.73 Å². The normalized spacial score (nSPS) is 17.9. The number of amides is 2. The van der Waals surface area contributed by atoms with Crippen LogP contribution in [0.5, 0.6) is 5.75 Å². The summed E-state index contributed by atoms with van der Waals surface area (Å²) in [5.74, 6) is -0.00696. The average Bonchev–Trinajstić information content (AvgIpc) is 3.08. The molecule has 2 aromatic rings. The summed E-state index contributed by atoms with van der Waals surface area (Å²) < 4.78 is 18.8. The molecule has 0 atom stereocenters. The highest BCUT2D eigenvalue weighted by Gasteiger charge is 2.42. The first-order valence-electron chi connectivity index (χ1n) is 10.2. The third kappa shape index (κ3) is 4.59. The first-order chi connectivity index (χ1) is 14.9. The van der Waals surface area contributed by atoms with E-state index in [1.54, 1.807) is 38.3 Å². The van der Waals surface area contributed by atoms with E-state index in [0.29, 0.717) is 42.9 Å². The van der Waals surface area contributed by atoms with Crippen molar-refractivity contribution in [3.8, 4) is 5.75 Å². The lowest BCUT2D eigenvalue weighted by molar-refractivity contribution is -0.119. The molecule has 0 aliphatic carbocycles. The van der Waals surface area contributed by atoms with Crippen LogP contribution in [0.25, 0.3) is 0 Å². The van der Waals surface area contributed by atoms with E-state index in [9.17, 15) is 14.0 Å². The van der Waals surface area contributed by atoms with Crippen LogP contribution < -0.4 is 15.4 Å². The van der Waals surface area contributed by atoms with Gasteiger partial charge in [0.2, 0.25) is 5.91 Å². The number of methoxy groups -OCH3 is 1. The highest BCUT2D eigenvalue weighted by molar-refractivity contribution is 6.46. The number of carbonyl (C=O) groups is 2. The Morgan fingerprint density at radius 2 is 1.94 bits per heavy atom. The smallest absolute Gasteiger partial charge is 0.272 e. The Morgan fingerprint density at radius 3 is 2.58 bits per heavy atom. The van der Waals surface area contributed by atoms with Crippen molar-refractivity contribution in [3.63, 3.8) is 0 Å². The second-order valence-corrected chi connectivity index (χ2v) is 7.96. The second kappa shape index (κ2) is 8.47. The number of piperidine rings is 1. The molecule has 0 aromatic heterocycles. The molecule has 2 amide bonds. The topological polar surface area (TPSA) is 83.0 Å². The van der Waals surface area contributed by atoms with Gasteiger partial charge < -0.3 is 15.4 Å². The molecular weight excluding hydrogens is 399 g/mol. The SMILES string of the molecule is COc1ccc(C2=NC3(CCN(CC(=O)Nc4ccc(C)c(F)c4)CC3)NC2=O)cc1. The van der Waals surface area contributed by atoms with E-state index >= 15 is 0 Å². The number of likely N-dealkylation sites (tertiary alicyclic amines) is 1. The number of rotatable bonds is 5. The fourth-order valence-electron chi connectivity index (χ4n) is 3.90. The molecule has 2 aliphatic heterocycles. The third-order valence-electron chi connectivity index (χ3n) is 5.76. The fraction of sp³-hybridized carbons (Fsp3) is 0.348. The van der Waals surface area contributed by atoms with Gasteiger partial charge in [-0.05, 0) is 48.9 Å². The van der Waals surface area contributed by atoms with Gasteiger partial charge in [-0.2, -0.15) is 0 Å².